The highest BCUT2D eigenvalue weighted by atomic mass is 127. The Bertz CT molecular complexity index is 630. The quantitative estimate of drug-likeness (QED) is 0.231. The molecule has 1 fully saturated rings. The van der Waals surface area contributed by atoms with Crippen molar-refractivity contribution in [3.05, 3.63) is 34.1 Å². The summed E-state index contributed by atoms with van der Waals surface area (Å²) in [5.41, 5.74) is 0.548. The maximum atomic E-state index is 13.8. The van der Waals surface area contributed by atoms with Crippen molar-refractivity contribution in [1.29, 1.82) is 0 Å². The highest BCUT2D eigenvalue weighted by Gasteiger charge is 2.15. The molecule has 0 radical (unpaired) electrons. The van der Waals surface area contributed by atoms with E-state index in [4.69, 9.17) is 0 Å². The molecule has 1 heterocycles. The lowest BCUT2D eigenvalue weighted by molar-refractivity contribution is -0.130. The van der Waals surface area contributed by atoms with Gasteiger partial charge in [0.05, 0.1) is 6.54 Å². The Hall–Kier alpha value is -0.900. The summed E-state index contributed by atoms with van der Waals surface area (Å²) in [5.74, 6) is 0.676. The molecule has 0 atom stereocenters. The number of likely N-dealkylation sites (tertiary alicyclic amines) is 1. The maximum absolute atomic E-state index is 13.8. The second kappa shape index (κ2) is 13.3. The highest BCUT2D eigenvalue weighted by molar-refractivity contribution is 14.0. The van der Waals surface area contributed by atoms with E-state index in [0.29, 0.717) is 17.9 Å². The molecule has 0 unspecified atom stereocenters. The average molecular weight is 555 g/mol. The lowest BCUT2D eigenvalue weighted by Crippen LogP contribution is -2.39. The van der Waals surface area contributed by atoms with Crippen LogP contribution < -0.4 is 10.6 Å². The summed E-state index contributed by atoms with van der Waals surface area (Å²) < 4.78 is 14.7. The number of nitrogens with zero attached hydrogens (tertiary/aromatic N) is 2. The molecule has 1 amide bonds. The molecular formula is C19H29BrFIN4O. The SMILES string of the molecule is CCNC(=NCc1cc(Br)ccc1F)NCCCN1CCCCCC1=O.I. The summed E-state index contributed by atoms with van der Waals surface area (Å²) in [5, 5.41) is 6.43. The molecule has 152 valence electrons. The third-order valence-electron chi connectivity index (χ3n) is 4.33. The summed E-state index contributed by atoms with van der Waals surface area (Å²) in [7, 11) is 0. The summed E-state index contributed by atoms with van der Waals surface area (Å²) in [4.78, 5) is 18.4. The van der Waals surface area contributed by atoms with Crippen molar-refractivity contribution in [1.82, 2.24) is 15.5 Å². The van der Waals surface area contributed by atoms with Crippen molar-refractivity contribution in [2.24, 2.45) is 4.99 Å². The van der Waals surface area contributed by atoms with Crippen LogP contribution in [0.25, 0.3) is 0 Å². The summed E-state index contributed by atoms with van der Waals surface area (Å²) in [6, 6.07) is 4.86. The molecule has 27 heavy (non-hydrogen) atoms. The van der Waals surface area contributed by atoms with E-state index in [2.05, 4.69) is 31.6 Å². The molecule has 1 saturated heterocycles. The van der Waals surface area contributed by atoms with Gasteiger partial charge in [-0.15, -0.1) is 24.0 Å². The minimum Gasteiger partial charge on any atom is -0.357 e. The molecule has 0 saturated carbocycles. The number of halogens is 3. The fourth-order valence-corrected chi connectivity index (χ4v) is 3.33. The number of benzene rings is 1. The Labute approximate surface area is 186 Å². The van der Waals surface area contributed by atoms with E-state index in [-0.39, 0.29) is 42.2 Å². The average Bonchev–Trinajstić information content (AvgIpc) is 2.83. The number of carbonyl (C=O) groups is 1. The lowest BCUT2D eigenvalue weighted by Gasteiger charge is -2.20. The first-order valence-corrected chi connectivity index (χ1v) is 10.1. The fraction of sp³-hybridized carbons (Fsp3) is 0.579. The number of carbonyl (C=O) groups excluding carboxylic acids is 1. The smallest absolute Gasteiger partial charge is 0.222 e. The molecule has 0 aromatic heterocycles. The Morgan fingerprint density at radius 3 is 2.89 bits per heavy atom. The Balaban J connectivity index is 0.00000364. The van der Waals surface area contributed by atoms with Crippen LogP contribution in [0, 0.1) is 5.82 Å². The highest BCUT2D eigenvalue weighted by Crippen LogP contribution is 2.16. The number of aliphatic imine (C=N–C) groups is 1. The molecule has 2 rings (SSSR count). The van der Waals surface area contributed by atoms with Crippen molar-refractivity contribution >= 4 is 51.8 Å². The number of nitrogens with one attached hydrogen (secondary N) is 2. The maximum Gasteiger partial charge on any atom is 0.222 e. The zero-order chi connectivity index (χ0) is 18.8. The van der Waals surface area contributed by atoms with Crippen LogP contribution in [0.3, 0.4) is 0 Å². The molecule has 1 aliphatic heterocycles. The third-order valence-corrected chi connectivity index (χ3v) is 4.82. The molecule has 0 spiro atoms. The van der Waals surface area contributed by atoms with Crippen LogP contribution in [-0.4, -0.2) is 42.9 Å². The van der Waals surface area contributed by atoms with Crippen LogP contribution in [-0.2, 0) is 11.3 Å². The molecular weight excluding hydrogens is 526 g/mol. The van der Waals surface area contributed by atoms with Gasteiger partial charge in [0.15, 0.2) is 5.96 Å². The van der Waals surface area contributed by atoms with E-state index in [1.165, 1.54) is 6.07 Å². The molecule has 1 aromatic rings. The second-order valence-corrected chi connectivity index (χ2v) is 7.32. The van der Waals surface area contributed by atoms with E-state index in [9.17, 15) is 9.18 Å². The van der Waals surface area contributed by atoms with E-state index in [0.717, 1.165) is 56.3 Å². The van der Waals surface area contributed by atoms with Crippen LogP contribution in [0.4, 0.5) is 4.39 Å². The first-order chi connectivity index (χ1) is 12.6. The zero-order valence-electron chi connectivity index (χ0n) is 15.8. The van der Waals surface area contributed by atoms with Crippen LogP contribution in [0.2, 0.25) is 0 Å². The van der Waals surface area contributed by atoms with Crippen LogP contribution in [0.1, 0.15) is 44.6 Å². The third kappa shape index (κ3) is 8.76. The van der Waals surface area contributed by atoms with Crippen molar-refractivity contribution in [3.63, 3.8) is 0 Å². The summed E-state index contributed by atoms with van der Waals surface area (Å²) >= 11 is 3.35. The number of hydrogen-bond donors (Lipinski definition) is 2. The Morgan fingerprint density at radius 1 is 1.30 bits per heavy atom. The van der Waals surface area contributed by atoms with Gasteiger partial charge in [-0.25, -0.2) is 9.38 Å². The summed E-state index contributed by atoms with van der Waals surface area (Å²) in [6.07, 6.45) is 4.79. The van der Waals surface area contributed by atoms with Crippen molar-refractivity contribution in [3.8, 4) is 0 Å². The van der Waals surface area contributed by atoms with E-state index >= 15 is 0 Å². The van der Waals surface area contributed by atoms with Gasteiger partial charge in [0, 0.05) is 42.6 Å². The number of amides is 1. The fourth-order valence-electron chi connectivity index (χ4n) is 2.92. The van der Waals surface area contributed by atoms with Crippen molar-refractivity contribution in [2.45, 2.75) is 45.6 Å². The predicted molar refractivity (Wildman–Crippen MR) is 122 cm³/mol. The minimum absolute atomic E-state index is 0. The van der Waals surface area contributed by atoms with Crippen molar-refractivity contribution in [2.75, 3.05) is 26.2 Å². The topological polar surface area (TPSA) is 56.7 Å². The van der Waals surface area contributed by atoms with Gasteiger partial charge in [-0.3, -0.25) is 4.79 Å². The molecule has 8 heteroatoms. The van der Waals surface area contributed by atoms with Gasteiger partial charge in [0.2, 0.25) is 5.91 Å². The Kier molecular flexibility index (Phi) is 11.9. The van der Waals surface area contributed by atoms with Gasteiger partial charge in [-0.05, 0) is 44.4 Å². The standard InChI is InChI=1S/C19H28BrFN4O.HI/c1-2-22-19(24-14-15-13-16(20)8-9-17(15)21)23-10-6-12-25-11-5-3-4-7-18(25)26;/h8-9,13H,2-7,10-12,14H2,1H3,(H2,22,23,24);1H. The molecule has 1 aliphatic rings. The van der Waals surface area contributed by atoms with Gasteiger partial charge in [-0.1, -0.05) is 22.4 Å². The predicted octanol–water partition coefficient (Wildman–Crippen LogP) is 4.05. The van der Waals surface area contributed by atoms with E-state index in [1.807, 2.05) is 11.8 Å². The molecule has 5 nitrogen and oxygen atoms in total. The lowest BCUT2D eigenvalue weighted by atomic mass is 10.2. The van der Waals surface area contributed by atoms with Crippen molar-refractivity contribution < 1.29 is 9.18 Å². The number of hydrogen-bond acceptors (Lipinski definition) is 2. The first kappa shape index (κ1) is 24.1. The molecule has 2 N–H and O–H groups in total. The van der Waals surface area contributed by atoms with E-state index in [1.54, 1.807) is 12.1 Å². The number of rotatable bonds is 7. The van der Waals surface area contributed by atoms with Crippen LogP contribution >= 0.6 is 39.9 Å². The zero-order valence-corrected chi connectivity index (χ0v) is 19.7. The minimum atomic E-state index is -0.257. The summed E-state index contributed by atoms with van der Waals surface area (Å²) in [6.45, 7) is 5.35. The molecule has 0 bridgehead atoms. The van der Waals surface area contributed by atoms with Crippen LogP contribution in [0.15, 0.2) is 27.7 Å². The Morgan fingerprint density at radius 2 is 2.11 bits per heavy atom. The van der Waals surface area contributed by atoms with Gasteiger partial charge in [0.25, 0.3) is 0 Å². The van der Waals surface area contributed by atoms with Crippen LogP contribution in [0.5, 0.6) is 0 Å². The monoisotopic (exact) mass is 554 g/mol. The van der Waals surface area contributed by atoms with Gasteiger partial charge >= 0.3 is 0 Å². The molecule has 1 aromatic carbocycles. The second-order valence-electron chi connectivity index (χ2n) is 6.40. The normalized spacial score (nSPS) is 15.1. The van der Waals surface area contributed by atoms with Gasteiger partial charge in [0.1, 0.15) is 5.82 Å². The number of guanidine groups is 1. The van der Waals surface area contributed by atoms with Gasteiger partial charge < -0.3 is 15.5 Å². The molecule has 0 aliphatic carbocycles. The van der Waals surface area contributed by atoms with E-state index < -0.39 is 0 Å². The largest absolute Gasteiger partial charge is 0.357 e. The first-order valence-electron chi connectivity index (χ1n) is 9.34. The van der Waals surface area contributed by atoms with Gasteiger partial charge in [-0.2, -0.15) is 0 Å².